The van der Waals surface area contributed by atoms with Crippen molar-refractivity contribution in [3.63, 3.8) is 0 Å². The van der Waals surface area contributed by atoms with Crippen LogP contribution in [0.15, 0.2) is 18.2 Å². The van der Waals surface area contributed by atoms with Crippen molar-refractivity contribution in [1.29, 1.82) is 0 Å². The van der Waals surface area contributed by atoms with Crippen LogP contribution in [0, 0.1) is 5.95 Å². The first kappa shape index (κ1) is 14.0. The molecule has 2 heterocycles. The molecule has 1 atom stereocenters. The Morgan fingerprint density at radius 3 is 2.63 bits per heavy atom. The Balaban J connectivity index is 2.00. The van der Waals surface area contributed by atoms with E-state index in [1.165, 1.54) is 11.0 Å². The van der Waals surface area contributed by atoms with Crippen molar-refractivity contribution in [1.82, 2.24) is 9.88 Å². The highest BCUT2D eigenvalue weighted by Gasteiger charge is 2.35. The number of alkyl halides is 3. The molecule has 2 rings (SSSR count). The largest absolute Gasteiger partial charge is 0.401 e. The van der Waals surface area contributed by atoms with E-state index in [0.717, 1.165) is 0 Å². The molecule has 19 heavy (non-hydrogen) atoms. The zero-order valence-corrected chi connectivity index (χ0v) is 10.5. The number of halogens is 4. The van der Waals surface area contributed by atoms with E-state index in [1.54, 1.807) is 24.0 Å². The summed E-state index contributed by atoms with van der Waals surface area (Å²) in [4.78, 5) is 6.94. The summed E-state index contributed by atoms with van der Waals surface area (Å²) in [6, 6.07) is 4.20. The molecule has 7 heteroatoms. The maximum Gasteiger partial charge on any atom is 0.401 e. The summed E-state index contributed by atoms with van der Waals surface area (Å²) in [5, 5.41) is 0. The summed E-state index contributed by atoms with van der Waals surface area (Å²) >= 11 is 0. The predicted molar refractivity (Wildman–Crippen MR) is 63.5 cm³/mol. The van der Waals surface area contributed by atoms with E-state index >= 15 is 0 Å². The van der Waals surface area contributed by atoms with Gasteiger partial charge in [0.25, 0.3) is 0 Å². The molecule has 1 aliphatic rings. The van der Waals surface area contributed by atoms with Gasteiger partial charge in [-0.05, 0) is 19.1 Å². The molecule has 1 aromatic rings. The maximum absolute atomic E-state index is 13.0. The van der Waals surface area contributed by atoms with Crippen molar-refractivity contribution < 1.29 is 17.6 Å². The van der Waals surface area contributed by atoms with Crippen molar-refractivity contribution in [2.75, 3.05) is 31.1 Å². The van der Waals surface area contributed by atoms with Crippen LogP contribution in [0.4, 0.5) is 23.4 Å². The lowest BCUT2D eigenvalue weighted by molar-refractivity contribution is -0.150. The van der Waals surface area contributed by atoms with Crippen molar-refractivity contribution in [3.05, 3.63) is 24.1 Å². The lowest BCUT2D eigenvalue weighted by Gasteiger charge is -2.40. The molecule has 0 bridgehead atoms. The van der Waals surface area contributed by atoms with Gasteiger partial charge in [-0.1, -0.05) is 6.07 Å². The highest BCUT2D eigenvalue weighted by molar-refractivity contribution is 5.38. The average molecular weight is 277 g/mol. The molecule has 0 saturated carbocycles. The van der Waals surface area contributed by atoms with Gasteiger partial charge in [-0.2, -0.15) is 17.6 Å². The Kier molecular flexibility index (Phi) is 3.93. The second-order valence-electron chi connectivity index (χ2n) is 4.70. The van der Waals surface area contributed by atoms with Crippen LogP contribution in [0.5, 0.6) is 0 Å². The minimum Gasteiger partial charge on any atom is -0.354 e. The van der Waals surface area contributed by atoms with Gasteiger partial charge in [0.05, 0.1) is 6.54 Å². The quantitative estimate of drug-likeness (QED) is 0.611. The van der Waals surface area contributed by atoms with Crippen molar-refractivity contribution in [2.24, 2.45) is 0 Å². The van der Waals surface area contributed by atoms with E-state index in [0.29, 0.717) is 25.5 Å². The Bertz CT molecular complexity index is 435. The van der Waals surface area contributed by atoms with E-state index < -0.39 is 18.7 Å². The van der Waals surface area contributed by atoms with Crippen LogP contribution in [0.25, 0.3) is 0 Å². The molecule has 1 aromatic heterocycles. The molecule has 0 N–H and O–H groups in total. The molecule has 0 aliphatic carbocycles. The molecule has 0 spiro atoms. The number of anilines is 1. The second-order valence-corrected chi connectivity index (χ2v) is 4.70. The van der Waals surface area contributed by atoms with Crippen LogP contribution in [0.2, 0.25) is 0 Å². The third-order valence-electron chi connectivity index (χ3n) is 3.17. The fourth-order valence-electron chi connectivity index (χ4n) is 2.24. The molecule has 3 nitrogen and oxygen atoms in total. The maximum atomic E-state index is 13.0. The van der Waals surface area contributed by atoms with Gasteiger partial charge in [-0.25, -0.2) is 4.98 Å². The van der Waals surface area contributed by atoms with Crippen LogP contribution in [-0.4, -0.2) is 48.3 Å². The number of aromatic nitrogens is 1. The van der Waals surface area contributed by atoms with Crippen LogP contribution in [0.1, 0.15) is 6.92 Å². The first-order valence-electron chi connectivity index (χ1n) is 6.03. The Morgan fingerprint density at radius 2 is 2.05 bits per heavy atom. The monoisotopic (exact) mass is 277 g/mol. The topological polar surface area (TPSA) is 19.4 Å². The number of hydrogen-bond acceptors (Lipinski definition) is 3. The van der Waals surface area contributed by atoms with Crippen LogP contribution < -0.4 is 4.90 Å². The normalized spacial score (nSPS) is 21.7. The number of hydrogen-bond donors (Lipinski definition) is 0. The average Bonchev–Trinajstić information content (AvgIpc) is 2.30. The third-order valence-corrected chi connectivity index (χ3v) is 3.17. The third kappa shape index (κ3) is 3.79. The minimum absolute atomic E-state index is 0.250. The van der Waals surface area contributed by atoms with E-state index in [-0.39, 0.29) is 6.04 Å². The minimum atomic E-state index is -4.19. The smallest absolute Gasteiger partial charge is 0.354 e. The van der Waals surface area contributed by atoms with Gasteiger partial charge >= 0.3 is 6.18 Å². The lowest BCUT2D eigenvalue weighted by Crippen LogP contribution is -2.54. The molecule has 106 valence electrons. The van der Waals surface area contributed by atoms with Gasteiger partial charge in [0.2, 0.25) is 5.95 Å². The van der Waals surface area contributed by atoms with Gasteiger partial charge in [0.15, 0.2) is 0 Å². The zero-order valence-electron chi connectivity index (χ0n) is 10.5. The summed E-state index contributed by atoms with van der Waals surface area (Å²) in [5.74, 6) is -0.110. The van der Waals surface area contributed by atoms with E-state index in [1.807, 2.05) is 0 Å². The summed E-state index contributed by atoms with van der Waals surface area (Å²) < 4.78 is 50.1. The summed E-state index contributed by atoms with van der Waals surface area (Å²) in [7, 11) is 0. The molecule has 0 aromatic carbocycles. The summed E-state index contributed by atoms with van der Waals surface area (Å²) in [6.07, 6.45) is -4.19. The Morgan fingerprint density at radius 1 is 1.32 bits per heavy atom. The van der Waals surface area contributed by atoms with Gasteiger partial charge in [0, 0.05) is 25.7 Å². The molecule has 1 aliphatic heterocycles. The van der Waals surface area contributed by atoms with Gasteiger partial charge in [0.1, 0.15) is 5.82 Å². The fraction of sp³-hybridized carbons (Fsp3) is 0.583. The second kappa shape index (κ2) is 5.32. The van der Waals surface area contributed by atoms with Crippen LogP contribution in [0.3, 0.4) is 0 Å². The summed E-state index contributed by atoms with van der Waals surface area (Å²) in [6.45, 7) is 1.94. The molecular weight excluding hydrogens is 262 g/mol. The Hall–Kier alpha value is -1.37. The highest BCUT2D eigenvalue weighted by atomic mass is 19.4. The molecule has 0 radical (unpaired) electrons. The van der Waals surface area contributed by atoms with Crippen molar-refractivity contribution in [3.8, 4) is 0 Å². The molecule has 1 unspecified atom stereocenters. The zero-order chi connectivity index (χ0) is 14.0. The number of pyridine rings is 1. The van der Waals surface area contributed by atoms with E-state index in [9.17, 15) is 17.6 Å². The molecule has 1 saturated heterocycles. The predicted octanol–water partition coefficient (Wildman–Crippen LogP) is 2.29. The van der Waals surface area contributed by atoms with E-state index in [4.69, 9.17) is 0 Å². The highest BCUT2D eigenvalue weighted by Crippen LogP contribution is 2.22. The number of nitrogens with zero attached hydrogens (tertiary/aromatic N) is 3. The van der Waals surface area contributed by atoms with E-state index in [2.05, 4.69) is 4.98 Å². The van der Waals surface area contributed by atoms with Crippen molar-refractivity contribution >= 4 is 5.82 Å². The fourth-order valence-corrected chi connectivity index (χ4v) is 2.24. The standard InChI is InChI=1S/C12H15F4N3/c1-9-7-18(11-4-2-3-10(13)17-11)5-6-19(9)8-12(14,15)16/h2-4,9H,5-8H2,1H3. The van der Waals surface area contributed by atoms with Crippen molar-refractivity contribution in [2.45, 2.75) is 19.1 Å². The first-order chi connectivity index (χ1) is 8.85. The van der Waals surface area contributed by atoms with Gasteiger partial charge < -0.3 is 4.90 Å². The SMILES string of the molecule is CC1CN(c2cccc(F)n2)CCN1CC(F)(F)F. The Labute approximate surface area is 108 Å². The van der Waals surface area contributed by atoms with Crippen LogP contribution in [-0.2, 0) is 0 Å². The molecule has 1 fully saturated rings. The number of piperazine rings is 1. The lowest BCUT2D eigenvalue weighted by atomic mass is 10.2. The first-order valence-corrected chi connectivity index (χ1v) is 6.03. The number of rotatable bonds is 2. The van der Waals surface area contributed by atoms with Gasteiger partial charge in [-0.15, -0.1) is 0 Å². The molecule has 0 amide bonds. The van der Waals surface area contributed by atoms with Crippen LogP contribution >= 0.6 is 0 Å². The molecular formula is C12H15F4N3. The van der Waals surface area contributed by atoms with Gasteiger partial charge in [-0.3, -0.25) is 4.90 Å². The summed E-state index contributed by atoms with van der Waals surface area (Å²) in [5.41, 5.74) is 0.